The third-order valence-electron chi connectivity index (χ3n) is 1.42. The lowest BCUT2D eigenvalue weighted by Crippen LogP contribution is -1.89. The molecule has 0 fully saturated rings. The van der Waals surface area contributed by atoms with Crippen LogP contribution in [0.1, 0.15) is 12.6 Å². The molecular weight excluding hydrogens is 128 g/mol. The van der Waals surface area contributed by atoms with Crippen LogP contribution in [0.2, 0.25) is 0 Å². The number of rotatable bonds is 2. The molecule has 0 aliphatic heterocycles. The van der Waals surface area contributed by atoms with Crippen LogP contribution in [0, 0.1) is 0 Å². The van der Waals surface area contributed by atoms with Gasteiger partial charge in [0.2, 0.25) is 0 Å². The van der Waals surface area contributed by atoms with Gasteiger partial charge in [0.05, 0.1) is 13.3 Å². The largest absolute Gasteiger partial charge is 0.493 e. The summed E-state index contributed by atoms with van der Waals surface area (Å²) in [7, 11) is 3.55. The molecule has 0 saturated carbocycles. The maximum atomic E-state index is 5.07. The van der Waals surface area contributed by atoms with Crippen molar-refractivity contribution >= 4 is 0 Å². The Bertz CT molecular complexity index is 196. The Balaban J connectivity index is 2.96. The predicted molar refractivity (Wildman–Crippen MR) is 39.1 cm³/mol. The third kappa shape index (κ3) is 1.12. The molecule has 10 heavy (non-hydrogen) atoms. The Morgan fingerprint density at radius 1 is 1.70 bits per heavy atom. The molecule has 0 bridgehead atoms. The molecule has 0 spiro atoms. The van der Waals surface area contributed by atoms with Gasteiger partial charge in [-0.2, -0.15) is 5.10 Å². The molecule has 0 aromatic carbocycles. The van der Waals surface area contributed by atoms with Crippen molar-refractivity contribution in [3.63, 3.8) is 0 Å². The van der Waals surface area contributed by atoms with Crippen LogP contribution in [-0.4, -0.2) is 16.9 Å². The van der Waals surface area contributed by atoms with Crippen molar-refractivity contribution in [2.24, 2.45) is 7.05 Å². The monoisotopic (exact) mass is 140 g/mol. The summed E-state index contributed by atoms with van der Waals surface area (Å²) in [6, 6.07) is 0. The Hall–Kier alpha value is -0.990. The Morgan fingerprint density at radius 3 is 2.80 bits per heavy atom. The molecule has 1 aromatic rings. The van der Waals surface area contributed by atoms with Gasteiger partial charge in [-0.3, -0.25) is 4.68 Å². The zero-order chi connectivity index (χ0) is 7.56. The highest BCUT2D eigenvalue weighted by atomic mass is 16.5. The van der Waals surface area contributed by atoms with E-state index in [2.05, 4.69) is 12.0 Å². The quantitative estimate of drug-likeness (QED) is 0.612. The van der Waals surface area contributed by atoms with E-state index in [4.69, 9.17) is 4.74 Å². The molecule has 0 aliphatic rings. The van der Waals surface area contributed by atoms with E-state index in [0.717, 1.165) is 17.9 Å². The van der Waals surface area contributed by atoms with Gasteiger partial charge in [0.15, 0.2) is 5.75 Å². The first-order chi connectivity index (χ1) is 4.77. The fourth-order valence-electron chi connectivity index (χ4n) is 0.928. The number of hydrogen-bond donors (Lipinski definition) is 0. The van der Waals surface area contributed by atoms with Crippen LogP contribution in [0.3, 0.4) is 0 Å². The molecular formula is C7H12N2O. The normalized spacial score (nSPS) is 9.90. The SMILES string of the molecule is CCc1nn(C)cc1OC. The fourth-order valence-corrected chi connectivity index (χ4v) is 0.928. The standard InChI is InChI=1S/C7H12N2O/c1-4-6-7(10-3)5-9(2)8-6/h5H,4H2,1-3H3. The van der Waals surface area contributed by atoms with Crippen LogP contribution in [0.15, 0.2) is 6.20 Å². The highest BCUT2D eigenvalue weighted by Gasteiger charge is 2.03. The van der Waals surface area contributed by atoms with Gasteiger partial charge >= 0.3 is 0 Å². The van der Waals surface area contributed by atoms with Crippen molar-refractivity contribution in [1.82, 2.24) is 9.78 Å². The molecule has 3 nitrogen and oxygen atoms in total. The smallest absolute Gasteiger partial charge is 0.159 e. The van der Waals surface area contributed by atoms with E-state index >= 15 is 0 Å². The van der Waals surface area contributed by atoms with Crippen molar-refractivity contribution in [2.45, 2.75) is 13.3 Å². The van der Waals surface area contributed by atoms with Crippen molar-refractivity contribution in [2.75, 3.05) is 7.11 Å². The molecule has 1 aromatic heterocycles. The summed E-state index contributed by atoms with van der Waals surface area (Å²) in [4.78, 5) is 0. The molecule has 0 N–H and O–H groups in total. The summed E-state index contributed by atoms with van der Waals surface area (Å²) in [5.74, 6) is 0.880. The number of aromatic nitrogens is 2. The van der Waals surface area contributed by atoms with Gasteiger partial charge in [-0.1, -0.05) is 6.92 Å². The van der Waals surface area contributed by atoms with Crippen LogP contribution in [0.4, 0.5) is 0 Å². The van der Waals surface area contributed by atoms with Gasteiger partial charge in [-0.25, -0.2) is 0 Å². The number of methoxy groups -OCH3 is 1. The molecule has 1 heterocycles. The van der Waals surface area contributed by atoms with E-state index < -0.39 is 0 Å². The van der Waals surface area contributed by atoms with Gasteiger partial charge in [0.1, 0.15) is 5.69 Å². The molecule has 3 heteroatoms. The van der Waals surface area contributed by atoms with E-state index in [1.54, 1.807) is 11.8 Å². The summed E-state index contributed by atoms with van der Waals surface area (Å²) in [6.07, 6.45) is 2.79. The average Bonchev–Trinajstić information content (AvgIpc) is 2.30. The van der Waals surface area contributed by atoms with Crippen LogP contribution < -0.4 is 4.74 Å². The van der Waals surface area contributed by atoms with Crippen LogP contribution in [0.5, 0.6) is 5.75 Å². The average molecular weight is 140 g/mol. The molecule has 0 unspecified atom stereocenters. The van der Waals surface area contributed by atoms with E-state index in [0.29, 0.717) is 0 Å². The van der Waals surface area contributed by atoms with Crippen molar-refractivity contribution in [1.29, 1.82) is 0 Å². The van der Waals surface area contributed by atoms with Gasteiger partial charge in [0, 0.05) is 7.05 Å². The Kier molecular flexibility index (Phi) is 1.94. The summed E-state index contributed by atoms with van der Waals surface area (Å²) in [6.45, 7) is 2.06. The first-order valence-electron chi connectivity index (χ1n) is 3.34. The highest BCUT2D eigenvalue weighted by Crippen LogP contribution is 2.14. The van der Waals surface area contributed by atoms with Gasteiger partial charge in [-0.15, -0.1) is 0 Å². The van der Waals surface area contributed by atoms with Crippen molar-refractivity contribution in [3.8, 4) is 5.75 Å². The summed E-state index contributed by atoms with van der Waals surface area (Å²) in [5.41, 5.74) is 1.02. The number of hydrogen-bond acceptors (Lipinski definition) is 2. The van der Waals surface area contributed by atoms with Gasteiger partial charge < -0.3 is 4.74 Å². The molecule has 1 rings (SSSR count). The third-order valence-corrected chi connectivity index (χ3v) is 1.42. The molecule has 0 radical (unpaired) electrons. The maximum absolute atomic E-state index is 5.07. The highest BCUT2D eigenvalue weighted by molar-refractivity contribution is 5.23. The molecule has 0 saturated heterocycles. The minimum Gasteiger partial charge on any atom is -0.493 e. The minimum absolute atomic E-state index is 0.880. The first kappa shape index (κ1) is 7.12. The van der Waals surface area contributed by atoms with E-state index in [1.165, 1.54) is 0 Å². The van der Waals surface area contributed by atoms with Crippen LogP contribution in [0.25, 0.3) is 0 Å². The van der Waals surface area contributed by atoms with Crippen molar-refractivity contribution in [3.05, 3.63) is 11.9 Å². The lowest BCUT2D eigenvalue weighted by molar-refractivity contribution is 0.410. The van der Waals surface area contributed by atoms with E-state index in [1.807, 2.05) is 13.2 Å². The molecule has 0 atom stereocenters. The van der Waals surface area contributed by atoms with E-state index in [9.17, 15) is 0 Å². The minimum atomic E-state index is 0.880. The number of nitrogens with zero attached hydrogens (tertiary/aromatic N) is 2. The second kappa shape index (κ2) is 2.73. The van der Waals surface area contributed by atoms with Crippen LogP contribution >= 0.6 is 0 Å². The maximum Gasteiger partial charge on any atom is 0.159 e. The second-order valence-corrected chi connectivity index (χ2v) is 2.17. The Labute approximate surface area is 60.6 Å². The fraction of sp³-hybridized carbons (Fsp3) is 0.571. The van der Waals surface area contributed by atoms with Crippen LogP contribution in [-0.2, 0) is 13.5 Å². The van der Waals surface area contributed by atoms with Crippen molar-refractivity contribution < 1.29 is 4.74 Å². The zero-order valence-corrected chi connectivity index (χ0v) is 6.59. The topological polar surface area (TPSA) is 27.1 Å². The summed E-state index contributed by atoms with van der Waals surface area (Å²) >= 11 is 0. The lowest BCUT2D eigenvalue weighted by Gasteiger charge is -1.93. The second-order valence-electron chi connectivity index (χ2n) is 2.17. The molecule has 0 amide bonds. The number of ether oxygens (including phenoxy) is 1. The first-order valence-corrected chi connectivity index (χ1v) is 3.34. The van der Waals surface area contributed by atoms with Gasteiger partial charge in [0.25, 0.3) is 0 Å². The number of aryl methyl sites for hydroxylation is 2. The molecule has 56 valence electrons. The predicted octanol–water partition coefficient (Wildman–Crippen LogP) is 0.991. The van der Waals surface area contributed by atoms with E-state index in [-0.39, 0.29) is 0 Å². The Morgan fingerprint density at radius 2 is 2.40 bits per heavy atom. The summed E-state index contributed by atoms with van der Waals surface area (Å²) < 4.78 is 6.84. The van der Waals surface area contributed by atoms with Gasteiger partial charge in [-0.05, 0) is 6.42 Å². The summed E-state index contributed by atoms with van der Waals surface area (Å²) in [5, 5.41) is 4.19. The lowest BCUT2D eigenvalue weighted by atomic mass is 10.3. The zero-order valence-electron chi connectivity index (χ0n) is 6.59. The molecule has 0 aliphatic carbocycles.